The molecule has 0 unspecified atom stereocenters. The molecule has 0 amide bonds. The van der Waals surface area contributed by atoms with E-state index < -0.39 is 23.2 Å². The van der Waals surface area contributed by atoms with Crippen molar-refractivity contribution in [3.05, 3.63) is 83.9 Å². The minimum Gasteiger partial charge on any atom is -0.488 e. The zero-order chi connectivity index (χ0) is 23.8. The van der Waals surface area contributed by atoms with Gasteiger partial charge in [-0.05, 0) is 55.2 Å². The lowest BCUT2D eigenvalue weighted by Crippen LogP contribution is -2.24. The summed E-state index contributed by atoms with van der Waals surface area (Å²) in [5.74, 6) is -0.662. The van der Waals surface area contributed by atoms with Crippen molar-refractivity contribution in [2.24, 2.45) is 5.92 Å². The van der Waals surface area contributed by atoms with Gasteiger partial charge in [-0.2, -0.15) is 13.2 Å². The molecule has 1 saturated carbocycles. The van der Waals surface area contributed by atoms with Crippen LogP contribution in [0.5, 0.6) is 0 Å². The predicted octanol–water partition coefficient (Wildman–Crippen LogP) is 5.62. The number of Topliss-reactive ketones (excluding diaryl/α,β-unsaturated/α-hetero) is 1. The summed E-state index contributed by atoms with van der Waals surface area (Å²) in [4.78, 5) is 13.0. The zero-order valence-corrected chi connectivity index (χ0v) is 17.6. The number of halogens is 3. The highest BCUT2D eigenvalue weighted by Gasteiger charge is 2.30. The second-order valence-corrected chi connectivity index (χ2v) is 7.43. The van der Waals surface area contributed by atoms with Crippen molar-refractivity contribution in [2.75, 3.05) is 17.2 Å². The van der Waals surface area contributed by atoms with Gasteiger partial charge in [0.2, 0.25) is 5.78 Å². The molecule has 0 aromatic heterocycles. The Kier molecular flexibility index (Phi) is 7.66. The Labute approximate surface area is 189 Å². The summed E-state index contributed by atoms with van der Waals surface area (Å²) < 4.78 is 44.5. The summed E-state index contributed by atoms with van der Waals surface area (Å²) in [6.45, 7) is 0.269. The number of anilines is 2. The quantitative estimate of drug-likeness (QED) is 0.200. The monoisotopic (exact) mass is 456 g/mol. The van der Waals surface area contributed by atoms with Crippen LogP contribution >= 0.6 is 0 Å². The Morgan fingerprint density at radius 2 is 1.79 bits per heavy atom. The van der Waals surface area contributed by atoms with Gasteiger partial charge >= 0.3 is 6.18 Å². The van der Waals surface area contributed by atoms with Crippen LogP contribution in [0, 0.1) is 16.7 Å². The molecule has 0 heterocycles. The van der Waals surface area contributed by atoms with E-state index in [1.165, 1.54) is 24.4 Å². The second kappa shape index (κ2) is 10.6. The van der Waals surface area contributed by atoms with Crippen LogP contribution in [-0.2, 0) is 15.7 Å². The number of allylic oxidation sites excluding steroid dienone is 3. The number of ketones is 1. The van der Waals surface area contributed by atoms with Crippen LogP contribution in [0.4, 0.5) is 24.5 Å². The van der Waals surface area contributed by atoms with Gasteiger partial charge in [0.15, 0.2) is 5.76 Å². The van der Waals surface area contributed by atoms with E-state index in [4.69, 9.17) is 15.6 Å². The largest absolute Gasteiger partial charge is 0.488 e. The van der Waals surface area contributed by atoms with E-state index in [2.05, 4.69) is 10.6 Å². The SMILES string of the molecule is N=C/C=C(\Nc1ccccc1)C(=N)C(=O)/C(=C\Nc1cccc(C(F)(F)F)c1)OCC1CC1. The lowest BCUT2D eigenvalue weighted by atomic mass is 10.1. The first-order chi connectivity index (χ1) is 15.8. The van der Waals surface area contributed by atoms with Gasteiger partial charge in [-0.25, -0.2) is 0 Å². The summed E-state index contributed by atoms with van der Waals surface area (Å²) in [5, 5.41) is 21.3. The molecule has 0 atom stereocenters. The molecule has 2 aromatic carbocycles. The molecule has 172 valence electrons. The van der Waals surface area contributed by atoms with E-state index in [1.807, 2.05) is 6.07 Å². The number of hydrogen-bond acceptors (Lipinski definition) is 6. The summed E-state index contributed by atoms with van der Waals surface area (Å²) in [5.41, 5.74) is -0.455. The van der Waals surface area contributed by atoms with Crippen molar-refractivity contribution < 1.29 is 22.7 Å². The molecule has 1 fully saturated rings. The second-order valence-electron chi connectivity index (χ2n) is 7.43. The number of carbonyl (C=O) groups is 1. The maximum atomic E-state index is 13.0. The third kappa shape index (κ3) is 7.06. The number of benzene rings is 2. The van der Waals surface area contributed by atoms with Gasteiger partial charge in [-0.3, -0.25) is 10.2 Å². The van der Waals surface area contributed by atoms with Crippen molar-refractivity contribution in [1.29, 1.82) is 10.8 Å². The minimum atomic E-state index is -4.50. The van der Waals surface area contributed by atoms with Crippen LogP contribution in [0.2, 0.25) is 0 Å². The molecule has 4 N–H and O–H groups in total. The van der Waals surface area contributed by atoms with Crippen LogP contribution in [0.1, 0.15) is 18.4 Å². The van der Waals surface area contributed by atoms with Crippen molar-refractivity contribution >= 4 is 29.1 Å². The van der Waals surface area contributed by atoms with E-state index in [0.29, 0.717) is 11.6 Å². The molecule has 0 bridgehead atoms. The van der Waals surface area contributed by atoms with Crippen LogP contribution in [0.25, 0.3) is 0 Å². The summed E-state index contributed by atoms with van der Waals surface area (Å²) in [7, 11) is 0. The van der Waals surface area contributed by atoms with Gasteiger partial charge in [-0.15, -0.1) is 0 Å². The number of alkyl halides is 3. The highest BCUT2D eigenvalue weighted by atomic mass is 19.4. The first-order valence-electron chi connectivity index (χ1n) is 10.2. The average molecular weight is 456 g/mol. The fourth-order valence-electron chi connectivity index (χ4n) is 2.79. The fraction of sp³-hybridized carbons (Fsp3) is 0.208. The van der Waals surface area contributed by atoms with Crippen molar-refractivity contribution in [2.45, 2.75) is 19.0 Å². The minimum absolute atomic E-state index is 0.0844. The Hall–Kier alpha value is -3.88. The number of ether oxygens (including phenoxy) is 1. The molecule has 3 rings (SSSR count). The van der Waals surface area contributed by atoms with Gasteiger partial charge in [0.05, 0.1) is 17.9 Å². The molecular weight excluding hydrogens is 433 g/mol. The molecular formula is C24H23F3N4O2. The Bertz CT molecular complexity index is 1070. The molecule has 0 saturated heterocycles. The summed E-state index contributed by atoms with van der Waals surface area (Å²) >= 11 is 0. The molecule has 6 nitrogen and oxygen atoms in total. The first kappa shape index (κ1) is 23.8. The molecule has 1 aliphatic carbocycles. The standard InChI is InChI=1S/C24H23F3N4O2/c25-24(26,27)17-5-4-8-19(13-17)30-14-21(33-15-16-9-10-16)23(32)22(29)20(11-12-28)31-18-6-2-1-3-7-18/h1-8,11-14,16,28-31H,9-10,15H2/b20-11-,21-14+,28-12?,29-22?. The maximum absolute atomic E-state index is 13.0. The zero-order valence-electron chi connectivity index (χ0n) is 17.6. The molecule has 0 spiro atoms. The van der Waals surface area contributed by atoms with Crippen LogP contribution in [0.3, 0.4) is 0 Å². The van der Waals surface area contributed by atoms with E-state index >= 15 is 0 Å². The third-order valence-electron chi connectivity index (χ3n) is 4.75. The van der Waals surface area contributed by atoms with E-state index in [0.717, 1.165) is 31.2 Å². The third-order valence-corrected chi connectivity index (χ3v) is 4.75. The number of hydrogen-bond donors (Lipinski definition) is 4. The normalized spacial score (nSPS) is 14.4. The van der Waals surface area contributed by atoms with Crippen LogP contribution < -0.4 is 10.6 Å². The Morgan fingerprint density at radius 3 is 2.42 bits per heavy atom. The molecule has 0 aliphatic heterocycles. The summed E-state index contributed by atoms with van der Waals surface area (Å²) in [6, 6.07) is 13.4. The number of rotatable bonds is 11. The average Bonchev–Trinajstić information content (AvgIpc) is 3.63. The highest BCUT2D eigenvalue weighted by Crippen LogP contribution is 2.31. The molecule has 33 heavy (non-hydrogen) atoms. The van der Waals surface area contributed by atoms with Gasteiger partial charge < -0.3 is 20.8 Å². The molecule has 2 aromatic rings. The number of para-hydroxylation sites is 1. The lowest BCUT2D eigenvalue weighted by molar-refractivity contribution is -0.137. The maximum Gasteiger partial charge on any atom is 0.416 e. The van der Waals surface area contributed by atoms with E-state index in [-0.39, 0.29) is 23.8 Å². The molecule has 1 aliphatic rings. The molecule has 9 heteroatoms. The van der Waals surface area contributed by atoms with Crippen molar-refractivity contribution in [1.82, 2.24) is 0 Å². The first-order valence-corrected chi connectivity index (χ1v) is 10.2. The Balaban J connectivity index is 1.81. The van der Waals surface area contributed by atoms with Crippen molar-refractivity contribution in [3.63, 3.8) is 0 Å². The number of carbonyl (C=O) groups excluding carboxylic acids is 1. The molecule has 0 radical (unpaired) electrons. The summed E-state index contributed by atoms with van der Waals surface area (Å²) in [6.07, 6.45) is 0.816. The van der Waals surface area contributed by atoms with Gasteiger partial charge in [-0.1, -0.05) is 24.3 Å². The smallest absolute Gasteiger partial charge is 0.416 e. The predicted molar refractivity (Wildman–Crippen MR) is 121 cm³/mol. The van der Waals surface area contributed by atoms with E-state index in [1.54, 1.807) is 24.3 Å². The lowest BCUT2D eigenvalue weighted by Gasteiger charge is -2.14. The van der Waals surface area contributed by atoms with Gasteiger partial charge in [0, 0.05) is 23.8 Å². The highest BCUT2D eigenvalue weighted by molar-refractivity contribution is 6.50. The Morgan fingerprint density at radius 1 is 1.09 bits per heavy atom. The van der Waals surface area contributed by atoms with Crippen molar-refractivity contribution in [3.8, 4) is 0 Å². The number of nitrogens with one attached hydrogen (secondary N) is 4. The van der Waals surface area contributed by atoms with Crippen LogP contribution in [-0.4, -0.2) is 24.3 Å². The van der Waals surface area contributed by atoms with E-state index in [9.17, 15) is 18.0 Å². The van der Waals surface area contributed by atoms with Gasteiger partial charge in [0.1, 0.15) is 5.71 Å². The topological polar surface area (TPSA) is 98.1 Å². The fourth-order valence-corrected chi connectivity index (χ4v) is 2.79. The van der Waals surface area contributed by atoms with Crippen LogP contribution in [0.15, 0.2) is 78.3 Å². The van der Waals surface area contributed by atoms with Gasteiger partial charge in [0.25, 0.3) is 0 Å².